The molecule has 166 valence electrons. The number of benzene rings is 4. The van der Waals surface area contributed by atoms with E-state index in [0.717, 1.165) is 22.3 Å². The van der Waals surface area contributed by atoms with Gasteiger partial charge in [-0.2, -0.15) is 0 Å². The maximum absolute atomic E-state index is 12.7. The summed E-state index contributed by atoms with van der Waals surface area (Å²) in [5, 5.41) is 2.81. The molecule has 6 heteroatoms. The predicted octanol–water partition coefficient (Wildman–Crippen LogP) is 6.02. The smallest absolute Gasteiger partial charge is 0.261 e. The minimum Gasteiger partial charge on any atom is -0.322 e. The first-order chi connectivity index (χ1) is 15.8. The minimum atomic E-state index is -3.74. The summed E-state index contributed by atoms with van der Waals surface area (Å²) >= 11 is 0. The van der Waals surface area contributed by atoms with Crippen LogP contribution in [0.5, 0.6) is 0 Å². The SMILES string of the molecule is Cc1cc(C)cc(NS(=O)(=O)c2ccc(NC(=O)c3ccc(-c4ccccc4)cc3)cc2)c1. The average molecular weight is 457 g/mol. The standard InChI is InChI=1S/C27H24N2O3S/c1-19-16-20(2)18-25(17-19)29-33(31,32)26-14-12-24(13-15-26)28-27(30)23-10-8-22(9-11-23)21-6-4-3-5-7-21/h3-18,29H,1-2H3,(H,28,30). The average Bonchev–Trinajstić information content (AvgIpc) is 2.79. The molecule has 0 spiro atoms. The molecule has 2 N–H and O–H groups in total. The molecule has 0 unspecified atom stereocenters. The third kappa shape index (κ3) is 5.48. The van der Waals surface area contributed by atoms with E-state index in [2.05, 4.69) is 10.0 Å². The lowest BCUT2D eigenvalue weighted by Crippen LogP contribution is -2.14. The summed E-state index contributed by atoms with van der Waals surface area (Å²) in [6, 6.07) is 28.9. The van der Waals surface area contributed by atoms with Crippen molar-refractivity contribution in [3.05, 3.63) is 114 Å². The molecule has 5 nitrogen and oxygen atoms in total. The van der Waals surface area contributed by atoms with Crippen molar-refractivity contribution in [2.45, 2.75) is 18.7 Å². The lowest BCUT2D eigenvalue weighted by atomic mass is 10.0. The van der Waals surface area contributed by atoms with Crippen molar-refractivity contribution in [3.8, 4) is 11.1 Å². The monoisotopic (exact) mass is 456 g/mol. The van der Waals surface area contributed by atoms with Gasteiger partial charge in [0, 0.05) is 16.9 Å². The molecule has 0 aliphatic heterocycles. The van der Waals surface area contributed by atoms with Crippen LogP contribution < -0.4 is 10.0 Å². The Labute approximate surface area is 194 Å². The summed E-state index contributed by atoms with van der Waals surface area (Å²) in [7, 11) is -3.74. The van der Waals surface area contributed by atoms with Crippen LogP contribution in [0.15, 0.2) is 102 Å². The van der Waals surface area contributed by atoms with E-state index >= 15 is 0 Å². The number of sulfonamides is 1. The van der Waals surface area contributed by atoms with Crippen molar-refractivity contribution in [1.29, 1.82) is 0 Å². The zero-order chi connectivity index (χ0) is 23.4. The Morgan fingerprint density at radius 3 is 1.85 bits per heavy atom. The van der Waals surface area contributed by atoms with E-state index in [1.54, 1.807) is 36.4 Å². The number of anilines is 2. The number of nitrogens with one attached hydrogen (secondary N) is 2. The zero-order valence-electron chi connectivity index (χ0n) is 18.4. The van der Waals surface area contributed by atoms with Crippen LogP contribution >= 0.6 is 0 Å². The molecular formula is C27H24N2O3S. The Balaban J connectivity index is 1.44. The highest BCUT2D eigenvalue weighted by Gasteiger charge is 2.15. The van der Waals surface area contributed by atoms with E-state index in [9.17, 15) is 13.2 Å². The van der Waals surface area contributed by atoms with Crippen LogP contribution in [0, 0.1) is 13.8 Å². The van der Waals surface area contributed by atoms with Gasteiger partial charge in [0.05, 0.1) is 4.90 Å². The Morgan fingerprint density at radius 1 is 0.667 bits per heavy atom. The van der Waals surface area contributed by atoms with Crippen molar-refractivity contribution >= 4 is 27.3 Å². The van der Waals surface area contributed by atoms with Gasteiger partial charge in [0.15, 0.2) is 0 Å². The van der Waals surface area contributed by atoms with Gasteiger partial charge >= 0.3 is 0 Å². The number of hydrogen-bond donors (Lipinski definition) is 2. The van der Waals surface area contributed by atoms with E-state index in [-0.39, 0.29) is 10.8 Å². The molecular weight excluding hydrogens is 432 g/mol. The van der Waals surface area contributed by atoms with Crippen LogP contribution in [0.3, 0.4) is 0 Å². The van der Waals surface area contributed by atoms with Crippen LogP contribution in [-0.4, -0.2) is 14.3 Å². The van der Waals surface area contributed by atoms with E-state index < -0.39 is 10.0 Å². The first-order valence-electron chi connectivity index (χ1n) is 10.5. The van der Waals surface area contributed by atoms with Crippen molar-refractivity contribution < 1.29 is 13.2 Å². The second-order valence-corrected chi connectivity index (χ2v) is 9.59. The summed E-state index contributed by atoms with van der Waals surface area (Å²) in [6.45, 7) is 3.83. The maximum atomic E-state index is 12.7. The third-order valence-electron chi connectivity index (χ3n) is 5.15. The molecule has 0 bridgehead atoms. The molecule has 1 amide bonds. The molecule has 0 saturated carbocycles. The largest absolute Gasteiger partial charge is 0.322 e. The van der Waals surface area contributed by atoms with Crippen LogP contribution in [-0.2, 0) is 10.0 Å². The van der Waals surface area contributed by atoms with Gasteiger partial charge in [0.1, 0.15) is 0 Å². The normalized spacial score (nSPS) is 11.1. The van der Waals surface area contributed by atoms with Crippen LogP contribution in [0.1, 0.15) is 21.5 Å². The van der Waals surface area contributed by atoms with Gasteiger partial charge in [-0.3, -0.25) is 9.52 Å². The number of rotatable bonds is 6. The number of carbonyl (C=O) groups excluding carboxylic acids is 1. The molecule has 0 atom stereocenters. The number of amides is 1. The Morgan fingerprint density at radius 2 is 1.24 bits per heavy atom. The van der Waals surface area contributed by atoms with Gasteiger partial charge in [0.25, 0.3) is 15.9 Å². The molecule has 0 aromatic heterocycles. The van der Waals surface area contributed by atoms with Gasteiger partial charge in [-0.05, 0) is 84.6 Å². The third-order valence-corrected chi connectivity index (χ3v) is 6.55. The fraction of sp³-hybridized carbons (Fsp3) is 0.0741. The molecule has 33 heavy (non-hydrogen) atoms. The van der Waals surface area contributed by atoms with Gasteiger partial charge in [-0.25, -0.2) is 8.42 Å². The van der Waals surface area contributed by atoms with Gasteiger partial charge in [0.2, 0.25) is 0 Å². The van der Waals surface area contributed by atoms with Crippen LogP contribution in [0.25, 0.3) is 11.1 Å². The highest BCUT2D eigenvalue weighted by atomic mass is 32.2. The number of carbonyl (C=O) groups is 1. The molecule has 0 radical (unpaired) electrons. The second kappa shape index (κ2) is 9.30. The number of hydrogen-bond acceptors (Lipinski definition) is 3. The number of aryl methyl sites for hydroxylation is 2. The highest BCUT2D eigenvalue weighted by molar-refractivity contribution is 7.92. The molecule has 4 aromatic carbocycles. The van der Waals surface area contributed by atoms with Crippen molar-refractivity contribution in [3.63, 3.8) is 0 Å². The first-order valence-corrected chi connectivity index (χ1v) is 12.0. The molecule has 0 aliphatic carbocycles. The van der Waals surface area contributed by atoms with Crippen molar-refractivity contribution in [2.75, 3.05) is 10.0 Å². The van der Waals surface area contributed by atoms with E-state index in [1.807, 2.05) is 62.4 Å². The fourth-order valence-electron chi connectivity index (χ4n) is 3.61. The van der Waals surface area contributed by atoms with Crippen molar-refractivity contribution in [2.24, 2.45) is 0 Å². The van der Waals surface area contributed by atoms with Gasteiger partial charge < -0.3 is 5.32 Å². The Bertz CT molecular complexity index is 1360. The van der Waals surface area contributed by atoms with Crippen LogP contribution in [0.2, 0.25) is 0 Å². The summed E-state index contributed by atoms with van der Waals surface area (Å²) in [4.78, 5) is 12.7. The topological polar surface area (TPSA) is 75.3 Å². The summed E-state index contributed by atoms with van der Waals surface area (Å²) in [5.74, 6) is -0.265. The molecule has 0 saturated heterocycles. The van der Waals surface area contributed by atoms with Gasteiger partial charge in [-0.1, -0.05) is 48.5 Å². The minimum absolute atomic E-state index is 0.117. The lowest BCUT2D eigenvalue weighted by molar-refractivity contribution is 0.102. The Hall–Kier alpha value is -3.90. The van der Waals surface area contributed by atoms with E-state index in [1.165, 1.54) is 12.1 Å². The van der Waals surface area contributed by atoms with E-state index in [0.29, 0.717) is 16.9 Å². The summed E-state index contributed by atoms with van der Waals surface area (Å²) in [5.41, 5.74) is 5.60. The fourth-order valence-corrected chi connectivity index (χ4v) is 4.65. The van der Waals surface area contributed by atoms with Gasteiger partial charge in [-0.15, -0.1) is 0 Å². The highest BCUT2D eigenvalue weighted by Crippen LogP contribution is 2.22. The Kier molecular flexibility index (Phi) is 6.29. The van der Waals surface area contributed by atoms with E-state index in [4.69, 9.17) is 0 Å². The zero-order valence-corrected chi connectivity index (χ0v) is 19.2. The second-order valence-electron chi connectivity index (χ2n) is 7.90. The molecule has 0 fully saturated rings. The molecule has 0 aliphatic rings. The molecule has 0 heterocycles. The maximum Gasteiger partial charge on any atom is 0.261 e. The quantitative estimate of drug-likeness (QED) is 0.372. The van der Waals surface area contributed by atoms with Crippen LogP contribution in [0.4, 0.5) is 11.4 Å². The molecule has 4 rings (SSSR count). The van der Waals surface area contributed by atoms with Crippen molar-refractivity contribution in [1.82, 2.24) is 0 Å². The lowest BCUT2D eigenvalue weighted by Gasteiger charge is -2.11. The first kappa shape index (κ1) is 22.3. The predicted molar refractivity (Wildman–Crippen MR) is 133 cm³/mol. The summed E-state index contributed by atoms with van der Waals surface area (Å²) < 4.78 is 28.1. The molecule has 4 aromatic rings. The summed E-state index contributed by atoms with van der Waals surface area (Å²) in [6.07, 6.45) is 0.